The Morgan fingerprint density at radius 1 is 0.932 bits per heavy atom. The zero-order chi connectivity index (χ0) is 32.1. The smallest absolute Gasteiger partial charge is 0.258 e. The number of carbonyl (C=O) groups excluding carboxylic acids is 2. The minimum absolute atomic E-state index is 0.00682. The molecule has 0 aliphatic carbocycles. The highest BCUT2D eigenvalue weighted by Crippen LogP contribution is 2.43. The van der Waals surface area contributed by atoms with Gasteiger partial charge in [0.25, 0.3) is 5.91 Å². The van der Waals surface area contributed by atoms with Gasteiger partial charge in [0.2, 0.25) is 0 Å². The van der Waals surface area contributed by atoms with Gasteiger partial charge in [-0.3, -0.25) is 4.79 Å². The maximum atomic E-state index is 14.3. The van der Waals surface area contributed by atoms with Gasteiger partial charge < -0.3 is 19.1 Å². The van der Waals surface area contributed by atoms with Gasteiger partial charge in [-0.15, -0.1) is 0 Å². The SMILES string of the molecule is CC(C)c1c(C(=O)Nc2ccccc2)c(-c2ccccc2)c(-c2ccc(F)cc2)n1CC[C@H](CC=O)O[Si](C)(C)C(C)(C)C. The fraction of sp³-hybridized carbons (Fsp3) is 0.351. The quantitative estimate of drug-likeness (QED) is 0.128. The van der Waals surface area contributed by atoms with Gasteiger partial charge in [0, 0.05) is 29.9 Å². The summed E-state index contributed by atoms with van der Waals surface area (Å²) in [6.45, 7) is 15.7. The van der Waals surface area contributed by atoms with Crippen molar-refractivity contribution in [2.75, 3.05) is 5.32 Å². The standard InChI is InChI=1S/C37H45FN2O3Si/c1-26(2)34-33(36(42)39-30-16-12-9-13-17-30)32(27-14-10-8-11-15-27)35(28-18-20-29(38)21-19-28)40(34)24-22-31(23-25-41)43-44(6,7)37(3,4)5/h8-21,25-26,31H,22-24H2,1-7H3,(H,39,42)/t31-/m1/s1. The van der Waals surface area contributed by atoms with Gasteiger partial charge in [-0.2, -0.15) is 0 Å². The second-order valence-electron chi connectivity index (χ2n) is 13.2. The molecule has 0 spiro atoms. The lowest BCUT2D eigenvalue weighted by molar-refractivity contribution is -0.109. The predicted octanol–water partition coefficient (Wildman–Crippen LogP) is 9.71. The number of nitrogens with zero attached hydrogens (tertiary/aromatic N) is 1. The minimum Gasteiger partial charge on any atom is -0.413 e. The molecule has 0 aliphatic rings. The second-order valence-corrected chi connectivity index (χ2v) is 17.9. The first-order valence-electron chi connectivity index (χ1n) is 15.4. The van der Waals surface area contributed by atoms with Crippen molar-refractivity contribution in [3.8, 4) is 22.4 Å². The summed E-state index contributed by atoms with van der Waals surface area (Å²) < 4.78 is 23.1. The number of anilines is 1. The van der Waals surface area contributed by atoms with Crippen LogP contribution in [0, 0.1) is 5.82 Å². The zero-order valence-electron chi connectivity index (χ0n) is 27.0. The summed E-state index contributed by atoms with van der Waals surface area (Å²) in [4.78, 5) is 26.1. The third-order valence-electron chi connectivity index (χ3n) is 8.59. The van der Waals surface area contributed by atoms with Crippen LogP contribution in [0.2, 0.25) is 18.1 Å². The van der Waals surface area contributed by atoms with Gasteiger partial charge in [-0.25, -0.2) is 4.39 Å². The molecule has 4 rings (SSSR count). The lowest BCUT2D eigenvalue weighted by atomic mass is 9.94. The Balaban J connectivity index is 1.94. The number of benzene rings is 3. The largest absolute Gasteiger partial charge is 0.413 e. The van der Waals surface area contributed by atoms with E-state index >= 15 is 0 Å². The van der Waals surface area contributed by atoms with Gasteiger partial charge in [0.1, 0.15) is 12.1 Å². The highest BCUT2D eigenvalue weighted by atomic mass is 28.4. The third kappa shape index (κ3) is 7.45. The zero-order valence-corrected chi connectivity index (χ0v) is 28.0. The average Bonchev–Trinajstić information content (AvgIpc) is 3.32. The van der Waals surface area contributed by atoms with Crippen LogP contribution in [-0.2, 0) is 15.8 Å². The lowest BCUT2D eigenvalue weighted by Crippen LogP contribution is -2.44. The molecule has 0 unspecified atom stereocenters. The number of hydrogen-bond donors (Lipinski definition) is 1. The van der Waals surface area contributed by atoms with E-state index in [1.807, 2.05) is 60.7 Å². The molecule has 0 bridgehead atoms. The highest BCUT2D eigenvalue weighted by Gasteiger charge is 2.39. The Morgan fingerprint density at radius 2 is 1.52 bits per heavy atom. The van der Waals surface area contributed by atoms with Crippen molar-refractivity contribution in [1.82, 2.24) is 4.57 Å². The Morgan fingerprint density at radius 3 is 2.07 bits per heavy atom. The van der Waals surface area contributed by atoms with Crippen molar-refractivity contribution < 1.29 is 18.4 Å². The number of aldehydes is 1. The van der Waals surface area contributed by atoms with Gasteiger partial charge in [-0.1, -0.05) is 83.1 Å². The Bertz CT molecular complexity index is 1560. The predicted molar refractivity (Wildman–Crippen MR) is 181 cm³/mol. The fourth-order valence-corrected chi connectivity index (χ4v) is 6.81. The summed E-state index contributed by atoms with van der Waals surface area (Å²) in [5.74, 6) is -0.551. The molecular weight excluding hydrogens is 568 g/mol. The van der Waals surface area contributed by atoms with E-state index in [0.29, 0.717) is 30.6 Å². The maximum absolute atomic E-state index is 14.3. The highest BCUT2D eigenvalue weighted by molar-refractivity contribution is 6.74. The van der Waals surface area contributed by atoms with E-state index in [9.17, 15) is 14.0 Å². The molecule has 5 nitrogen and oxygen atoms in total. The molecule has 0 saturated heterocycles. The van der Waals surface area contributed by atoms with Crippen molar-refractivity contribution in [3.63, 3.8) is 0 Å². The first kappa shape index (κ1) is 33.1. The topological polar surface area (TPSA) is 60.3 Å². The number of nitrogens with one attached hydrogen (secondary N) is 1. The molecule has 44 heavy (non-hydrogen) atoms. The monoisotopic (exact) mass is 612 g/mol. The van der Waals surface area contributed by atoms with Crippen molar-refractivity contribution >= 4 is 26.2 Å². The summed E-state index contributed by atoms with van der Waals surface area (Å²) in [7, 11) is -2.16. The molecule has 4 aromatic rings. The summed E-state index contributed by atoms with van der Waals surface area (Å²) in [6.07, 6.45) is 1.55. The van der Waals surface area contributed by atoms with E-state index in [2.05, 4.69) is 57.6 Å². The van der Waals surface area contributed by atoms with Gasteiger partial charge in [0.05, 0.1) is 17.4 Å². The van der Waals surface area contributed by atoms with Crippen LogP contribution in [0.3, 0.4) is 0 Å². The van der Waals surface area contributed by atoms with E-state index in [0.717, 1.165) is 34.4 Å². The molecule has 7 heteroatoms. The van der Waals surface area contributed by atoms with E-state index in [1.54, 1.807) is 12.1 Å². The van der Waals surface area contributed by atoms with Crippen LogP contribution in [0.1, 0.15) is 69.4 Å². The van der Waals surface area contributed by atoms with E-state index in [-0.39, 0.29) is 28.8 Å². The molecule has 0 radical (unpaired) electrons. The van der Waals surface area contributed by atoms with Crippen LogP contribution < -0.4 is 5.32 Å². The number of para-hydroxylation sites is 1. The lowest BCUT2D eigenvalue weighted by Gasteiger charge is -2.39. The Labute approximate surface area is 262 Å². The molecular formula is C37H45FN2O3Si. The molecule has 1 aromatic heterocycles. The van der Waals surface area contributed by atoms with Gasteiger partial charge in [-0.05, 0) is 78.0 Å². The number of carbonyl (C=O) groups is 2. The van der Waals surface area contributed by atoms with Crippen molar-refractivity contribution in [2.45, 2.75) is 84.2 Å². The van der Waals surface area contributed by atoms with Crippen LogP contribution in [0.25, 0.3) is 22.4 Å². The Kier molecular flexibility index (Phi) is 10.4. The average molecular weight is 613 g/mol. The molecule has 1 atom stereocenters. The van der Waals surface area contributed by atoms with Crippen LogP contribution in [-0.4, -0.2) is 31.2 Å². The molecule has 1 N–H and O–H groups in total. The molecule has 1 heterocycles. The van der Waals surface area contributed by atoms with Crippen molar-refractivity contribution in [3.05, 3.63) is 102 Å². The summed E-state index contributed by atoms with van der Waals surface area (Å²) in [6, 6.07) is 25.8. The van der Waals surface area contributed by atoms with Gasteiger partial charge >= 0.3 is 0 Å². The molecule has 3 aromatic carbocycles. The van der Waals surface area contributed by atoms with Crippen LogP contribution in [0.5, 0.6) is 0 Å². The van der Waals surface area contributed by atoms with E-state index in [4.69, 9.17) is 4.43 Å². The summed E-state index contributed by atoms with van der Waals surface area (Å²) in [5.41, 5.74) is 5.52. The normalized spacial score (nSPS) is 12.8. The fourth-order valence-electron chi connectivity index (χ4n) is 5.41. The molecule has 1 amide bonds. The van der Waals surface area contributed by atoms with Crippen LogP contribution in [0.15, 0.2) is 84.9 Å². The molecule has 0 saturated carbocycles. The molecule has 0 aliphatic heterocycles. The number of amides is 1. The number of aromatic nitrogens is 1. The minimum atomic E-state index is -2.16. The Hall–Kier alpha value is -3.81. The summed E-state index contributed by atoms with van der Waals surface area (Å²) in [5, 5.41) is 3.11. The molecule has 232 valence electrons. The first-order valence-corrected chi connectivity index (χ1v) is 18.3. The first-order chi connectivity index (χ1) is 20.8. The van der Waals surface area contributed by atoms with Crippen LogP contribution in [0.4, 0.5) is 10.1 Å². The number of rotatable bonds is 12. The number of hydrogen-bond acceptors (Lipinski definition) is 3. The van der Waals surface area contributed by atoms with Crippen LogP contribution >= 0.6 is 0 Å². The van der Waals surface area contributed by atoms with E-state index < -0.39 is 8.32 Å². The van der Waals surface area contributed by atoms with E-state index in [1.165, 1.54) is 12.1 Å². The summed E-state index contributed by atoms with van der Waals surface area (Å²) >= 11 is 0. The third-order valence-corrected chi connectivity index (χ3v) is 13.1. The molecule has 0 fully saturated rings. The maximum Gasteiger partial charge on any atom is 0.258 e. The van der Waals surface area contributed by atoms with Gasteiger partial charge in [0.15, 0.2) is 8.32 Å². The van der Waals surface area contributed by atoms with Crippen molar-refractivity contribution in [2.24, 2.45) is 0 Å². The number of halogens is 1. The van der Waals surface area contributed by atoms with Crippen molar-refractivity contribution in [1.29, 1.82) is 0 Å². The second kappa shape index (κ2) is 13.9.